The number of ether oxygens (including phenoxy) is 1. The molecule has 4 nitrogen and oxygen atoms in total. The van der Waals surface area contributed by atoms with Gasteiger partial charge >= 0.3 is 0 Å². The van der Waals surface area contributed by atoms with Crippen LogP contribution in [0.25, 0.3) is 0 Å². The van der Waals surface area contributed by atoms with Crippen LogP contribution in [0.15, 0.2) is 52.3 Å². The summed E-state index contributed by atoms with van der Waals surface area (Å²) >= 11 is 1.72. The van der Waals surface area contributed by atoms with Gasteiger partial charge in [-0.25, -0.2) is 0 Å². The van der Waals surface area contributed by atoms with Gasteiger partial charge in [0.05, 0.1) is 12.5 Å². The third kappa shape index (κ3) is 5.37. The third-order valence-corrected chi connectivity index (χ3v) is 4.89. The molecule has 1 unspecified atom stereocenters. The lowest BCUT2D eigenvalue weighted by Crippen LogP contribution is -2.28. The molecule has 2 aromatic carbocycles. The number of carbonyl (C=O) groups excluding carboxylic acids is 1. The van der Waals surface area contributed by atoms with Gasteiger partial charge in [0.25, 0.3) is 0 Å². The number of aryl methyl sites for hydroxylation is 2. The Labute approximate surface area is 147 Å². The predicted molar refractivity (Wildman–Crippen MR) is 99.6 cm³/mol. The summed E-state index contributed by atoms with van der Waals surface area (Å²) in [5.74, 6) is -0.0952. The zero-order chi connectivity index (χ0) is 17.5. The number of carbonyl (C=O) groups is 1. The van der Waals surface area contributed by atoms with Gasteiger partial charge in [-0.2, -0.15) is 0 Å². The summed E-state index contributed by atoms with van der Waals surface area (Å²) in [6, 6.07) is 14.3. The third-order valence-electron chi connectivity index (χ3n) is 3.72. The molecule has 1 atom stereocenters. The second-order valence-electron chi connectivity index (χ2n) is 5.74. The molecule has 0 saturated heterocycles. The van der Waals surface area contributed by atoms with E-state index >= 15 is 0 Å². The topological polar surface area (TPSA) is 64.3 Å². The second kappa shape index (κ2) is 8.87. The standard InChI is InChI=1S/C19H24N2O2S/c1-13-4-5-14(2)18(10-13)24-17-8-6-15(7-9-17)21-19(22)11-16(12-20)23-3/h4-10,16H,11-12,20H2,1-3H3,(H,21,22). The highest BCUT2D eigenvalue weighted by Gasteiger charge is 2.11. The van der Waals surface area contributed by atoms with E-state index in [9.17, 15) is 4.79 Å². The summed E-state index contributed by atoms with van der Waals surface area (Å²) in [6.07, 6.45) is 0.00976. The van der Waals surface area contributed by atoms with Crippen molar-refractivity contribution >= 4 is 23.4 Å². The van der Waals surface area contributed by atoms with Crippen molar-refractivity contribution in [3.05, 3.63) is 53.6 Å². The van der Waals surface area contributed by atoms with Crippen molar-refractivity contribution in [2.75, 3.05) is 19.0 Å². The van der Waals surface area contributed by atoms with E-state index in [-0.39, 0.29) is 18.4 Å². The molecule has 24 heavy (non-hydrogen) atoms. The maximum absolute atomic E-state index is 11.9. The first-order valence-electron chi connectivity index (χ1n) is 7.89. The van der Waals surface area contributed by atoms with Crippen LogP contribution in [-0.4, -0.2) is 25.7 Å². The van der Waals surface area contributed by atoms with Gasteiger partial charge in [-0.15, -0.1) is 0 Å². The van der Waals surface area contributed by atoms with Crippen molar-refractivity contribution < 1.29 is 9.53 Å². The van der Waals surface area contributed by atoms with E-state index in [1.54, 1.807) is 18.9 Å². The molecule has 3 N–H and O–H groups in total. The van der Waals surface area contributed by atoms with E-state index < -0.39 is 0 Å². The van der Waals surface area contributed by atoms with Crippen LogP contribution < -0.4 is 11.1 Å². The van der Waals surface area contributed by atoms with Crippen LogP contribution in [0.2, 0.25) is 0 Å². The Bertz CT molecular complexity index is 682. The van der Waals surface area contributed by atoms with Gasteiger partial charge < -0.3 is 15.8 Å². The summed E-state index contributed by atoms with van der Waals surface area (Å²) in [7, 11) is 1.56. The highest BCUT2D eigenvalue weighted by molar-refractivity contribution is 7.99. The molecule has 0 aliphatic carbocycles. The molecule has 0 aliphatic rings. The van der Waals surface area contributed by atoms with E-state index in [4.69, 9.17) is 10.5 Å². The lowest BCUT2D eigenvalue weighted by atomic mass is 10.2. The first-order valence-corrected chi connectivity index (χ1v) is 8.71. The minimum Gasteiger partial charge on any atom is -0.380 e. The van der Waals surface area contributed by atoms with Gasteiger partial charge in [0.1, 0.15) is 0 Å². The Balaban J connectivity index is 1.98. The van der Waals surface area contributed by atoms with Gasteiger partial charge in [0.15, 0.2) is 0 Å². The monoisotopic (exact) mass is 344 g/mol. The number of benzene rings is 2. The Morgan fingerprint density at radius 3 is 2.54 bits per heavy atom. The largest absolute Gasteiger partial charge is 0.380 e. The summed E-state index contributed by atoms with van der Waals surface area (Å²) < 4.78 is 5.12. The lowest BCUT2D eigenvalue weighted by Gasteiger charge is -2.13. The fourth-order valence-corrected chi connectivity index (χ4v) is 3.23. The van der Waals surface area contributed by atoms with Crippen molar-refractivity contribution in [2.24, 2.45) is 5.73 Å². The SMILES string of the molecule is COC(CN)CC(=O)Nc1ccc(Sc2cc(C)ccc2C)cc1. The van der Waals surface area contributed by atoms with Gasteiger partial charge in [-0.3, -0.25) is 4.79 Å². The van der Waals surface area contributed by atoms with Gasteiger partial charge in [-0.05, 0) is 55.3 Å². The molecule has 0 fully saturated rings. The average Bonchev–Trinajstić information content (AvgIpc) is 2.57. The Hall–Kier alpha value is -1.82. The van der Waals surface area contributed by atoms with Gasteiger partial charge in [0, 0.05) is 29.1 Å². The normalized spacial score (nSPS) is 12.0. The van der Waals surface area contributed by atoms with E-state index in [0.29, 0.717) is 6.54 Å². The van der Waals surface area contributed by atoms with Crippen molar-refractivity contribution in [1.82, 2.24) is 0 Å². The highest BCUT2D eigenvalue weighted by Crippen LogP contribution is 2.31. The lowest BCUT2D eigenvalue weighted by molar-refractivity contribution is -0.118. The van der Waals surface area contributed by atoms with E-state index in [1.165, 1.54) is 16.0 Å². The fraction of sp³-hybridized carbons (Fsp3) is 0.316. The van der Waals surface area contributed by atoms with Gasteiger partial charge in [-0.1, -0.05) is 23.9 Å². The van der Waals surface area contributed by atoms with Crippen molar-refractivity contribution in [2.45, 2.75) is 36.2 Å². The number of nitrogens with one attached hydrogen (secondary N) is 1. The molecule has 0 heterocycles. The molecule has 1 amide bonds. The molecule has 0 saturated carbocycles. The maximum Gasteiger partial charge on any atom is 0.227 e. The average molecular weight is 344 g/mol. The number of hydrogen-bond donors (Lipinski definition) is 2. The smallest absolute Gasteiger partial charge is 0.227 e. The minimum absolute atomic E-state index is 0.0952. The fourth-order valence-electron chi connectivity index (χ4n) is 2.23. The molecule has 0 bridgehead atoms. The molecular weight excluding hydrogens is 320 g/mol. The predicted octanol–water partition coefficient (Wildman–Crippen LogP) is 3.76. The van der Waals surface area contributed by atoms with Crippen LogP contribution >= 0.6 is 11.8 Å². The molecule has 0 spiro atoms. The highest BCUT2D eigenvalue weighted by atomic mass is 32.2. The van der Waals surface area contributed by atoms with Crippen LogP contribution in [0.5, 0.6) is 0 Å². The van der Waals surface area contributed by atoms with Crippen LogP contribution in [0.3, 0.4) is 0 Å². The molecule has 128 valence electrons. The molecular formula is C19H24N2O2S. The summed E-state index contributed by atoms with van der Waals surface area (Å²) in [6.45, 7) is 4.53. The number of rotatable bonds is 7. The van der Waals surface area contributed by atoms with Crippen LogP contribution in [-0.2, 0) is 9.53 Å². The van der Waals surface area contributed by atoms with Gasteiger partial charge in [0.2, 0.25) is 5.91 Å². The van der Waals surface area contributed by atoms with Crippen molar-refractivity contribution in [1.29, 1.82) is 0 Å². The van der Waals surface area contributed by atoms with E-state index in [2.05, 4.69) is 37.4 Å². The second-order valence-corrected chi connectivity index (χ2v) is 6.86. The first-order chi connectivity index (χ1) is 11.5. The molecule has 2 rings (SSSR count). The number of hydrogen-bond acceptors (Lipinski definition) is 4. The summed E-state index contributed by atoms with van der Waals surface area (Å²) in [5.41, 5.74) is 8.82. The minimum atomic E-state index is -0.246. The van der Waals surface area contributed by atoms with Crippen molar-refractivity contribution in [3.63, 3.8) is 0 Å². The van der Waals surface area contributed by atoms with E-state index in [0.717, 1.165) is 10.6 Å². The van der Waals surface area contributed by atoms with Crippen LogP contribution in [0.4, 0.5) is 5.69 Å². The summed E-state index contributed by atoms with van der Waals surface area (Å²) in [5, 5.41) is 2.87. The number of methoxy groups -OCH3 is 1. The molecule has 2 aromatic rings. The molecule has 0 radical (unpaired) electrons. The number of amides is 1. The first kappa shape index (κ1) is 18.5. The zero-order valence-electron chi connectivity index (χ0n) is 14.3. The molecule has 5 heteroatoms. The van der Waals surface area contributed by atoms with Crippen LogP contribution in [0, 0.1) is 13.8 Å². The zero-order valence-corrected chi connectivity index (χ0v) is 15.2. The maximum atomic E-state index is 11.9. The van der Waals surface area contributed by atoms with Crippen LogP contribution in [0.1, 0.15) is 17.5 Å². The Morgan fingerprint density at radius 1 is 1.21 bits per heavy atom. The summed E-state index contributed by atoms with van der Waals surface area (Å²) in [4.78, 5) is 14.3. The quantitative estimate of drug-likeness (QED) is 0.803. The van der Waals surface area contributed by atoms with Crippen molar-refractivity contribution in [3.8, 4) is 0 Å². The number of anilines is 1. The number of nitrogens with two attached hydrogens (primary N) is 1. The Kier molecular flexibility index (Phi) is 6.85. The molecule has 0 aromatic heterocycles. The van der Waals surface area contributed by atoms with E-state index in [1.807, 2.05) is 24.3 Å². The molecule has 0 aliphatic heterocycles. The Morgan fingerprint density at radius 2 is 1.92 bits per heavy atom.